The van der Waals surface area contributed by atoms with E-state index in [1.165, 1.54) is 55.5 Å². The molecule has 0 radical (unpaired) electrons. The fourth-order valence-electron chi connectivity index (χ4n) is 3.65. The molecule has 2 nitrogen and oxygen atoms in total. The van der Waals surface area contributed by atoms with Crippen LogP contribution in [0.1, 0.15) is 42.4 Å². The van der Waals surface area contributed by atoms with E-state index >= 15 is 0 Å². The molecule has 0 amide bonds. The van der Waals surface area contributed by atoms with Crippen molar-refractivity contribution in [2.24, 2.45) is 5.73 Å². The van der Waals surface area contributed by atoms with E-state index < -0.39 is 0 Å². The molecule has 2 heteroatoms. The van der Waals surface area contributed by atoms with Crippen molar-refractivity contribution in [2.75, 3.05) is 19.6 Å². The molecule has 2 fully saturated rings. The Kier molecular flexibility index (Phi) is 3.40. The number of hydrogen-bond acceptors (Lipinski definition) is 2. The summed E-state index contributed by atoms with van der Waals surface area (Å²) in [5.41, 5.74) is 10.7. The van der Waals surface area contributed by atoms with E-state index in [9.17, 15) is 0 Å². The molecule has 19 heavy (non-hydrogen) atoms. The average molecular weight is 258 g/mol. The van der Waals surface area contributed by atoms with E-state index in [1.807, 2.05) is 0 Å². The van der Waals surface area contributed by atoms with Crippen LogP contribution in [0.4, 0.5) is 0 Å². The van der Waals surface area contributed by atoms with Gasteiger partial charge in [0.05, 0.1) is 0 Å². The first-order valence-electron chi connectivity index (χ1n) is 7.66. The standard InChI is InChI=1S/C17H26N2/c1-13-3-4-14(2)16(11-13)17(12-18)7-9-19(10-8-17)15-5-6-15/h3-4,11,15H,5-10,12,18H2,1-2H3. The Labute approximate surface area is 117 Å². The van der Waals surface area contributed by atoms with Crippen LogP contribution in [0.5, 0.6) is 0 Å². The van der Waals surface area contributed by atoms with Gasteiger partial charge in [0, 0.05) is 18.0 Å². The first-order chi connectivity index (χ1) is 9.14. The van der Waals surface area contributed by atoms with E-state index in [0.717, 1.165) is 12.6 Å². The predicted octanol–water partition coefficient (Wildman–Crippen LogP) is 2.76. The van der Waals surface area contributed by atoms with E-state index in [4.69, 9.17) is 5.73 Å². The fourth-order valence-corrected chi connectivity index (χ4v) is 3.65. The van der Waals surface area contributed by atoms with Gasteiger partial charge in [-0.3, -0.25) is 0 Å². The lowest BCUT2D eigenvalue weighted by Gasteiger charge is -2.42. The van der Waals surface area contributed by atoms with Crippen molar-refractivity contribution in [3.8, 4) is 0 Å². The molecule has 0 atom stereocenters. The molecule has 0 spiro atoms. The van der Waals surface area contributed by atoms with E-state index in [-0.39, 0.29) is 5.41 Å². The molecule has 104 valence electrons. The summed E-state index contributed by atoms with van der Waals surface area (Å²) in [6.07, 6.45) is 5.28. The van der Waals surface area contributed by atoms with Gasteiger partial charge in [-0.15, -0.1) is 0 Å². The van der Waals surface area contributed by atoms with Crippen LogP contribution in [0.3, 0.4) is 0 Å². The molecule has 0 unspecified atom stereocenters. The molecular weight excluding hydrogens is 232 g/mol. The number of aryl methyl sites for hydroxylation is 2. The highest BCUT2D eigenvalue weighted by molar-refractivity contribution is 5.37. The minimum absolute atomic E-state index is 0.224. The second-order valence-corrected chi connectivity index (χ2v) is 6.57. The minimum atomic E-state index is 0.224. The summed E-state index contributed by atoms with van der Waals surface area (Å²) in [4.78, 5) is 2.68. The lowest BCUT2D eigenvalue weighted by Crippen LogP contribution is -2.47. The van der Waals surface area contributed by atoms with Crippen LogP contribution >= 0.6 is 0 Å². The normalized spacial score (nSPS) is 23.5. The zero-order chi connectivity index (χ0) is 13.5. The van der Waals surface area contributed by atoms with E-state index in [0.29, 0.717) is 0 Å². The Balaban J connectivity index is 1.84. The van der Waals surface area contributed by atoms with Crippen molar-refractivity contribution >= 4 is 0 Å². The molecule has 1 aliphatic heterocycles. The zero-order valence-electron chi connectivity index (χ0n) is 12.3. The Morgan fingerprint density at radius 3 is 2.47 bits per heavy atom. The average Bonchev–Trinajstić information content (AvgIpc) is 3.26. The first kappa shape index (κ1) is 13.1. The molecule has 1 heterocycles. The fraction of sp³-hybridized carbons (Fsp3) is 0.647. The van der Waals surface area contributed by atoms with Gasteiger partial charge in [0.15, 0.2) is 0 Å². The maximum absolute atomic E-state index is 6.21. The molecule has 2 N–H and O–H groups in total. The van der Waals surface area contributed by atoms with Crippen LogP contribution in [-0.2, 0) is 5.41 Å². The first-order valence-corrected chi connectivity index (χ1v) is 7.66. The Morgan fingerprint density at radius 1 is 1.21 bits per heavy atom. The number of nitrogens with zero attached hydrogens (tertiary/aromatic N) is 1. The van der Waals surface area contributed by atoms with Gasteiger partial charge in [-0.05, 0) is 63.7 Å². The summed E-state index contributed by atoms with van der Waals surface area (Å²) in [7, 11) is 0. The molecule has 1 aromatic rings. The van der Waals surface area contributed by atoms with Crippen molar-refractivity contribution in [3.05, 3.63) is 34.9 Å². The zero-order valence-corrected chi connectivity index (χ0v) is 12.3. The summed E-state index contributed by atoms with van der Waals surface area (Å²) in [5.74, 6) is 0. The van der Waals surface area contributed by atoms with Gasteiger partial charge in [-0.2, -0.15) is 0 Å². The Morgan fingerprint density at radius 2 is 1.89 bits per heavy atom. The van der Waals surface area contributed by atoms with Gasteiger partial charge in [0.1, 0.15) is 0 Å². The lowest BCUT2D eigenvalue weighted by molar-refractivity contribution is 0.155. The Bertz CT molecular complexity index is 454. The SMILES string of the molecule is Cc1ccc(C)c(C2(CN)CCN(C3CC3)CC2)c1. The van der Waals surface area contributed by atoms with Gasteiger partial charge in [-0.25, -0.2) is 0 Å². The maximum atomic E-state index is 6.21. The smallest absolute Gasteiger partial charge is 0.0102 e. The highest BCUT2D eigenvalue weighted by atomic mass is 15.2. The quantitative estimate of drug-likeness (QED) is 0.903. The highest BCUT2D eigenvalue weighted by Crippen LogP contribution is 2.39. The lowest BCUT2D eigenvalue weighted by atomic mass is 9.71. The number of rotatable bonds is 3. The molecule has 1 saturated heterocycles. The number of hydrogen-bond donors (Lipinski definition) is 1. The van der Waals surface area contributed by atoms with Crippen LogP contribution in [0.2, 0.25) is 0 Å². The van der Waals surface area contributed by atoms with Crippen molar-refractivity contribution in [1.82, 2.24) is 4.90 Å². The molecule has 3 rings (SSSR count). The van der Waals surface area contributed by atoms with Crippen LogP contribution in [-0.4, -0.2) is 30.6 Å². The van der Waals surface area contributed by atoms with Crippen molar-refractivity contribution in [1.29, 1.82) is 0 Å². The van der Waals surface area contributed by atoms with Crippen molar-refractivity contribution in [3.63, 3.8) is 0 Å². The predicted molar refractivity (Wildman–Crippen MR) is 80.5 cm³/mol. The molecule has 1 aromatic carbocycles. The molecule has 0 aromatic heterocycles. The second kappa shape index (κ2) is 4.92. The van der Waals surface area contributed by atoms with Crippen LogP contribution in [0.15, 0.2) is 18.2 Å². The number of likely N-dealkylation sites (tertiary alicyclic amines) is 1. The summed E-state index contributed by atoms with van der Waals surface area (Å²) in [6, 6.07) is 7.74. The summed E-state index contributed by atoms with van der Waals surface area (Å²) in [5, 5.41) is 0. The van der Waals surface area contributed by atoms with E-state index in [1.54, 1.807) is 0 Å². The molecule has 1 aliphatic carbocycles. The number of piperidine rings is 1. The largest absolute Gasteiger partial charge is 0.330 e. The van der Waals surface area contributed by atoms with Crippen LogP contribution < -0.4 is 5.73 Å². The van der Waals surface area contributed by atoms with Gasteiger partial charge in [0.2, 0.25) is 0 Å². The van der Waals surface area contributed by atoms with Crippen LogP contribution in [0.25, 0.3) is 0 Å². The van der Waals surface area contributed by atoms with Gasteiger partial charge < -0.3 is 10.6 Å². The Hall–Kier alpha value is -0.860. The minimum Gasteiger partial charge on any atom is -0.330 e. The molecular formula is C17H26N2. The topological polar surface area (TPSA) is 29.3 Å². The highest BCUT2D eigenvalue weighted by Gasteiger charge is 2.39. The second-order valence-electron chi connectivity index (χ2n) is 6.57. The molecule has 2 aliphatic rings. The number of benzene rings is 1. The van der Waals surface area contributed by atoms with Gasteiger partial charge in [0.25, 0.3) is 0 Å². The number of nitrogens with two attached hydrogens (primary N) is 1. The molecule has 1 saturated carbocycles. The van der Waals surface area contributed by atoms with Crippen molar-refractivity contribution in [2.45, 2.75) is 51.0 Å². The third-order valence-electron chi connectivity index (χ3n) is 5.17. The van der Waals surface area contributed by atoms with Gasteiger partial charge in [-0.1, -0.05) is 23.8 Å². The summed E-state index contributed by atoms with van der Waals surface area (Å²) >= 11 is 0. The third kappa shape index (κ3) is 2.44. The monoisotopic (exact) mass is 258 g/mol. The summed E-state index contributed by atoms with van der Waals surface area (Å²) in [6.45, 7) is 7.67. The summed E-state index contributed by atoms with van der Waals surface area (Å²) < 4.78 is 0. The van der Waals surface area contributed by atoms with Gasteiger partial charge >= 0.3 is 0 Å². The molecule has 0 bridgehead atoms. The van der Waals surface area contributed by atoms with Crippen LogP contribution in [0, 0.1) is 13.8 Å². The van der Waals surface area contributed by atoms with Crippen molar-refractivity contribution < 1.29 is 0 Å². The maximum Gasteiger partial charge on any atom is 0.0102 e. The third-order valence-corrected chi connectivity index (χ3v) is 5.17. The van der Waals surface area contributed by atoms with E-state index in [2.05, 4.69) is 36.9 Å².